The third-order valence-electron chi connectivity index (χ3n) is 2.10. The van der Waals surface area contributed by atoms with Crippen molar-refractivity contribution in [2.45, 2.75) is 6.92 Å². The van der Waals surface area contributed by atoms with Crippen LogP contribution in [-0.4, -0.2) is 11.1 Å². The first-order chi connectivity index (χ1) is 7.66. The average Bonchev–Trinajstić information content (AvgIpc) is 2.68. The number of benzene rings is 1. The van der Waals surface area contributed by atoms with Crippen LogP contribution >= 0.6 is 0 Å². The van der Waals surface area contributed by atoms with Crippen molar-refractivity contribution in [2.24, 2.45) is 0 Å². The Labute approximate surface area is 91.1 Å². The van der Waals surface area contributed by atoms with E-state index in [9.17, 15) is 9.18 Å². The second kappa shape index (κ2) is 4.14. The molecule has 16 heavy (non-hydrogen) atoms. The van der Waals surface area contributed by atoms with Crippen molar-refractivity contribution >= 4 is 11.6 Å². The second-order valence-electron chi connectivity index (χ2n) is 3.26. The lowest BCUT2D eigenvalue weighted by molar-refractivity contribution is 0.102. The predicted octanol–water partition coefficient (Wildman–Crippen LogP) is 2.37. The number of nitrogens with one attached hydrogen (secondary N) is 1. The molecule has 1 aromatic heterocycles. The number of aryl methyl sites for hydroxylation is 1. The quantitative estimate of drug-likeness (QED) is 0.845. The average molecular weight is 220 g/mol. The van der Waals surface area contributed by atoms with E-state index >= 15 is 0 Å². The molecule has 1 heterocycles. The van der Waals surface area contributed by atoms with E-state index in [0.717, 1.165) is 0 Å². The molecule has 0 atom stereocenters. The summed E-state index contributed by atoms with van der Waals surface area (Å²) in [6.45, 7) is 1.65. The number of hydrogen-bond donors (Lipinski definition) is 1. The van der Waals surface area contributed by atoms with Crippen LogP contribution in [0, 0.1) is 12.7 Å². The van der Waals surface area contributed by atoms with Crippen molar-refractivity contribution < 1.29 is 13.7 Å². The molecule has 1 N–H and O–H groups in total. The third-order valence-corrected chi connectivity index (χ3v) is 2.10. The molecular weight excluding hydrogens is 211 g/mol. The van der Waals surface area contributed by atoms with Gasteiger partial charge in [0.05, 0.1) is 6.20 Å². The summed E-state index contributed by atoms with van der Waals surface area (Å²) in [7, 11) is 0. The van der Waals surface area contributed by atoms with Crippen LogP contribution in [0.1, 0.15) is 16.1 Å². The summed E-state index contributed by atoms with van der Waals surface area (Å²) < 4.78 is 17.4. The topological polar surface area (TPSA) is 55.1 Å². The van der Waals surface area contributed by atoms with Gasteiger partial charge in [-0.3, -0.25) is 4.79 Å². The van der Waals surface area contributed by atoms with Crippen LogP contribution < -0.4 is 5.32 Å². The Hall–Kier alpha value is -2.17. The van der Waals surface area contributed by atoms with E-state index in [-0.39, 0.29) is 11.7 Å². The van der Waals surface area contributed by atoms with E-state index < -0.39 is 0 Å². The molecule has 0 bridgehead atoms. The van der Waals surface area contributed by atoms with Crippen LogP contribution in [0.15, 0.2) is 35.0 Å². The molecule has 2 rings (SSSR count). The van der Waals surface area contributed by atoms with Gasteiger partial charge in [-0.1, -0.05) is 5.16 Å². The molecule has 5 heteroatoms. The summed E-state index contributed by atoms with van der Waals surface area (Å²) in [6.07, 6.45) is 1.34. The summed E-state index contributed by atoms with van der Waals surface area (Å²) in [4.78, 5) is 11.7. The molecule has 0 spiro atoms. The Balaban J connectivity index is 2.14. The molecule has 0 saturated heterocycles. The fraction of sp³-hybridized carbons (Fsp3) is 0.0909. The Kier molecular flexibility index (Phi) is 2.68. The van der Waals surface area contributed by atoms with Gasteiger partial charge in [0.15, 0.2) is 0 Å². The van der Waals surface area contributed by atoms with E-state index in [0.29, 0.717) is 17.0 Å². The van der Waals surface area contributed by atoms with Gasteiger partial charge in [-0.25, -0.2) is 4.39 Å². The Morgan fingerprint density at radius 1 is 1.38 bits per heavy atom. The van der Waals surface area contributed by atoms with Gasteiger partial charge in [-0.05, 0) is 31.2 Å². The van der Waals surface area contributed by atoms with E-state index in [1.807, 2.05) is 0 Å². The molecule has 82 valence electrons. The lowest BCUT2D eigenvalue weighted by atomic mass is 10.2. The van der Waals surface area contributed by atoms with Crippen LogP contribution in [0.4, 0.5) is 10.1 Å². The van der Waals surface area contributed by atoms with Crippen molar-refractivity contribution in [2.75, 3.05) is 5.32 Å². The first-order valence-electron chi connectivity index (χ1n) is 4.65. The molecule has 0 aliphatic heterocycles. The van der Waals surface area contributed by atoms with E-state index in [4.69, 9.17) is 4.52 Å². The van der Waals surface area contributed by atoms with Crippen LogP contribution in [-0.2, 0) is 0 Å². The van der Waals surface area contributed by atoms with Gasteiger partial charge in [0.25, 0.3) is 5.91 Å². The van der Waals surface area contributed by atoms with Crippen molar-refractivity contribution in [1.82, 2.24) is 5.16 Å². The van der Waals surface area contributed by atoms with Gasteiger partial charge in [0.2, 0.25) is 0 Å². The first-order valence-corrected chi connectivity index (χ1v) is 4.65. The number of hydrogen-bond acceptors (Lipinski definition) is 3. The summed E-state index contributed by atoms with van der Waals surface area (Å²) in [5, 5.41) is 6.11. The molecule has 1 amide bonds. The zero-order valence-corrected chi connectivity index (χ0v) is 8.53. The molecule has 2 aromatic rings. The van der Waals surface area contributed by atoms with Crippen LogP contribution in [0.3, 0.4) is 0 Å². The maximum absolute atomic E-state index is 12.6. The van der Waals surface area contributed by atoms with E-state index in [1.54, 1.807) is 6.92 Å². The normalized spacial score (nSPS) is 10.1. The van der Waals surface area contributed by atoms with Gasteiger partial charge in [0.1, 0.15) is 17.1 Å². The minimum Gasteiger partial charge on any atom is -0.361 e. The summed E-state index contributed by atoms with van der Waals surface area (Å²) >= 11 is 0. The smallest absolute Gasteiger partial charge is 0.260 e. The molecular formula is C11H9FN2O2. The highest BCUT2D eigenvalue weighted by Gasteiger charge is 2.12. The SMILES string of the molecule is Cc1oncc1C(=O)Nc1ccc(F)cc1. The van der Waals surface area contributed by atoms with Crippen molar-refractivity contribution in [3.8, 4) is 0 Å². The van der Waals surface area contributed by atoms with Crippen LogP contribution in [0.25, 0.3) is 0 Å². The molecule has 0 fully saturated rings. The minimum atomic E-state index is -0.348. The highest BCUT2D eigenvalue weighted by atomic mass is 19.1. The number of nitrogens with zero attached hydrogens (tertiary/aromatic N) is 1. The fourth-order valence-corrected chi connectivity index (χ4v) is 1.25. The third kappa shape index (κ3) is 2.08. The maximum atomic E-state index is 12.6. The van der Waals surface area contributed by atoms with Gasteiger partial charge >= 0.3 is 0 Å². The monoisotopic (exact) mass is 220 g/mol. The summed E-state index contributed by atoms with van der Waals surface area (Å²) in [6, 6.07) is 5.51. The number of carbonyl (C=O) groups is 1. The Morgan fingerprint density at radius 2 is 2.06 bits per heavy atom. The molecule has 0 aliphatic rings. The van der Waals surface area contributed by atoms with Gasteiger partial charge in [0, 0.05) is 5.69 Å². The number of aromatic nitrogens is 1. The van der Waals surface area contributed by atoms with E-state index in [1.165, 1.54) is 30.5 Å². The molecule has 1 aromatic carbocycles. The molecule has 0 radical (unpaired) electrons. The van der Waals surface area contributed by atoms with Crippen molar-refractivity contribution in [3.63, 3.8) is 0 Å². The number of halogens is 1. The number of carbonyl (C=O) groups excluding carboxylic acids is 1. The summed E-state index contributed by atoms with van der Waals surface area (Å²) in [5.74, 6) is -0.232. The van der Waals surface area contributed by atoms with Gasteiger partial charge in [-0.15, -0.1) is 0 Å². The zero-order chi connectivity index (χ0) is 11.5. The first kappa shape index (κ1) is 10.4. The zero-order valence-electron chi connectivity index (χ0n) is 8.53. The summed E-state index contributed by atoms with van der Waals surface area (Å²) in [5.41, 5.74) is 0.885. The maximum Gasteiger partial charge on any atom is 0.260 e. The second-order valence-corrected chi connectivity index (χ2v) is 3.26. The van der Waals surface area contributed by atoms with E-state index in [2.05, 4.69) is 10.5 Å². The number of amides is 1. The highest BCUT2D eigenvalue weighted by molar-refractivity contribution is 6.04. The molecule has 0 aliphatic carbocycles. The van der Waals surface area contributed by atoms with Crippen LogP contribution in [0.5, 0.6) is 0 Å². The largest absolute Gasteiger partial charge is 0.361 e. The highest BCUT2D eigenvalue weighted by Crippen LogP contribution is 2.12. The number of anilines is 1. The standard InChI is InChI=1S/C11H9FN2O2/c1-7-10(6-13-16-7)11(15)14-9-4-2-8(12)3-5-9/h2-6H,1H3,(H,14,15). The molecule has 0 unspecified atom stereocenters. The van der Waals surface area contributed by atoms with Gasteiger partial charge in [-0.2, -0.15) is 0 Å². The predicted molar refractivity (Wildman–Crippen MR) is 55.6 cm³/mol. The lowest BCUT2D eigenvalue weighted by Gasteiger charge is -2.02. The lowest BCUT2D eigenvalue weighted by Crippen LogP contribution is -2.11. The Morgan fingerprint density at radius 3 is 2.62 bits per heavy atom. The van der Waals surface area contributed by atoms with Gasteiger partial charge < -0.3 is 9.84 Å². The fourth-order valence-electron chi connectivity index (χ4n) is 1.25. The molecule has 4 nitrogen and oxygen atoms in total. The molecule has 0 saturated carbocycles. The van der Waals surface area contributed by atoms with Crippen LogP contribution in [0.2, 0.25) is 0 Å². The number of rotatable bonds is 2. The van der Waals surface area contributed by atoms with Crippen molar-refractivity contribution in [1.29, 1.82) is 0 Å². The minimum absolute atomic E-state index is 0.328. The Bertz CT molecular complexity index is 505. The van der Waals surface area contributed by atoms with Crippen molar-refractivity contribution in [3.05, 3.63) is 47.6 Å².